The number of halogens is 2. The van der Waals surface area contributed by atoms with Gasteiger partial charge in [-0.15, -0.1) is 6.58 Å². The van der Waals surface area contributed by atoms with Gasteiger partial charge < -0.3 is 5.11 Å². The second kappa shape index (κ2) is 5.29. The Morgan fingerprint density at radius 2 is 2.27 bits per heavy atom. The molecule has 0 aliphatic rings. The molecule has 0 aliphatic heterocycles. The largest absolute Gasteiger partial charge is 0.392 e. The van der Waals surface area contributed by atoms with Gasteiger partial charge in [0.25, 0.3) is 0 Å². The van der Waals surface area contributed by atoms with Crippen LogP contribution in [0.1, 0.15) is 18.9 Å². The fourth-order valence-electron chi connectivity index (χ4n) is 1.43. The first kappa shape index (κ1) is 12.2. The van der Waals surface area contributed by atoms with E-state index in [0.29, 0.717) is 12.0 Å². The zero-order chi connectivity index (χ0) is 11.4. The minimum absolute atomic E-state index is 0.0926. The smallest absolute Gasteiger partial charge is 0.145 e. The Labute approximate surface area is 94.2 Å². The molecule has 0 fully saturated rings. The minimum Gasteiger partial charge on any atom is -0.392 e. The Bertz CT molecular complexity index is 363. The molecule has 1 unspecified atom stereocenters. The molecule has 1 aromatic carbocycles. The standard InChI is InChI=1S/C12H14ClFO/c1-8(2)6-10(15)7-9-4-3-5-11(13)12(9)14/h3-5,10,15H,1,6-7H2,2H3. The predicted octanol–water partition coefficient (Wildman–Crippen LogP) is 3.35. The number of aliphatic hydroxyl groups is 1. The first-order valence-electron chi connectivity index (χ1n) is 4.76. The van der Waals surface area contributed by atoms with Gasteiger partial charge in [-0.25, -0.2) is 4.39 Å². The van der Waals surface area contributed by atoms with Crippen LogP contribution >= 0.6 is 11.6 Å². The van der Waals surface area contributed by atoms with Crippen molar-refractivity contribution in [3.05, 3.63) is 46.8 Å². The zero-order valence-electron chi connectivity index (χ0n) is 8.63. The second-order valence-electron chi connectivity index (χ2n) is 3.73. The van der Waals surface area contributed by atoms with E-state index in [1.165, 1.54) is 6.07 Å². The highest BCUT2D eigenvalue weighted by molar-refractivity contribution is 6.30. The summed E-state index contributed by atoms with van der Waals surface area (Å²) >= 11 is 5.63. The molecule has 1 atom stereocenters. The Kier molecular flexibility index (Phi) is 4.30. The SMILES string of the molecule is C=C(C)CC(O)Cc1cccc(Cl)c1F. The highest BCUT2D eigenvalue weighted by Gasteiger charge is 2.11. The fraction of sp³-hybridized carbons (Fsp3) is 0.333. The summed E-state index contributed by atoms with van der Waals surface area (Å²) in [4.78, 5) is 0. The van der Waals surface area contributed by atoms with Crippen LogP contribution in [0.3, 0.4) is 0 Å². The van der Waals surface area contributed by atoms with E-state index < -0.39 is 11.9 Å². The van der Waals surface area contributed by atoms with Crippen molar-refractivity contribution in [2.45, 2.75) is 25.9 Å². The van der Waals surface area contributed by atoms with Crippen LogP contribution in [0.5, 0.6) is 0 Å². The van der Waals surface area contributed by atoms with Crippen LogP contribution in [0.2, 0.25) is 5.02 Å². The van der Waals surface area contributed by atoms with Crippen molar-refractivity contribution in [2.24, 2.45) is 0 Å². The molecule has 0 aromatic heterocycles. The average Bonchev–Trinajstić information content (AvgIpc) is 2.11. The van der Waals surface area contributed by atoms with E-state index >= 15 is 0 Å². The topological polar surface area (TPSA) is 20.2 Å². The Morgan fingerprint density at radius 3 is 2.87 bits per heavy atom. The highest BCUT2D eigenvalue weighted by atomic mass is 35.5. The van der Waals surface area contributed by atoms with E-state index in [1.54, 1.807) is 12.1 Å². The molecule has 0 spiro atoms. The first-order chi connectivity index (χ1) is 7.00. The van der Waals surface area contributed by atoms with Crippen molar-refractivity contribution < 1.29 is 9.50 Å². The summed E-state index contributed by atoms with van der Waals surface area (Å²) < 4.78 is 13.4. The maximum absolute atomic E-state index is 13.4. The average molecular weight is 229 g/mol. The van der Waals surface area contributed by atoms with Gasteiger partial charge in [0.05, 0.1) is 11.1 Å². The lowest BCUT2D eigenvalue weighted by molar-refractivity contribution is 0.174. The van der Waals surface area contributed by atoms with E-state index in [9.17, 15) is 9.50 Å². The molecular weight excluding hydrogens is 215 g/mol. The van der Waals surface area contributed by atoms with Crippen molar-refractivity contribution >= 4 is 11.6 Å². The highest BCUT2D eigenvalue weighted by Crippen LogP contribution is 2.20. The van der Waals surface area contributed by atoms with Crippen molar-refractivity contribution in [1.29, 1.82) is 0 Å². The maximum atomic E-state index is 13.4. The molecule has 0 amide bonds. The van der Waals surface area contributed by atoms with Crippen LogP contribution in [0.4, 0.5) is 4.39 Å². The molecule has 0 aliphatic carbocycles. The second-order valence-corrected chi connectivity index (χ2v) is 4.14. The summed E-state index contributed by atoms with van der Waals surface area (Å²) in [6, 6.07) is 4.79. The molecule has 0 saturated heterocycles. The van der Waals surface area contributed by atoms with Gasteiger partial charge in [-0.05, 0) is 25.0 Å². The van der Waals surface area contributed by atoms with Gasteiger partial charge in [0.2, 0.25) is 0 Å². The predicted molar refractivity (Wildman–Crippen MR) is 60.6 cm³/mol. The van der Waals surface area contributed by atoms with Crippen LogP contribution in [-0.2, 0) is 6.42 Å². The van der Waals surface area contributed by atoms with Crippen molar-refractivity contribution in [3.63, 3.8) is 0 Å². The van der Waals surface area contributed by atoms with Crippen LogP contribution in [0.25, 0.3) is 0 Å². The summed E-state index contributed by atoms with van der Waals surface area (Å²) in [5.74, 6) is -0.445. The fourth-order valence-corrected chi connectivity index (χ4v) is 1.63. The summed E-state index contributed by atoms with van der Waals surface area (Å²) in [5.41, 5.74) is 1.32. The molecule has 1 aromatic rings. The third-order valence-corrected chi connectivity index (χ3v) is 2.36. The molecule has 0 bridgehead atoms. The number of benzene rings is 1. The maximum Gasteiger partial charge on any atom is 0.145 e. The van der Waals surface area contributed by atoms with Gasteiger partial charge in [-0.3, -0.25) is 0 Å². The normalized spacial score (nSPS) is 12.5. The van der Waals surface area contributed by atoms with E-state index in [0.717, 1.165) is 5.57 Å². The Hall–Kier alpha value is -0.860. The summed E-state index contributed by atoms with van der Waals surface area (Å²) in [7, 11) is 0. The number of hydrogen-bond acceptors (Lipinski definition) is 1. The lowest BCUT2D eigenvalue weighted by atomic mass is 10.0. The summed E-state index contributed by atoms with van der Waals surface area (Å²) in [6.07, 6.45) is 0.140. The van der Waals surface area contributed by atoms with Crippen LogP contribution in [0.15, 0.2) is 30.4 Å². The molecule has 3 heteroatoms. The van der Waals surface area contributed by atoms with E-state index in [1.807, 2.05) is 6.92 Å². The third kappa shape index (κ3) is 3.65. The van der Waals surface area contributed by atoms with E-state index in [-0.39, 0.29) is 11.4 Å². The monoisotopic (exact) mass is 228 g/mol. The van der Waals surface area contributed by atoms with Crippen LogP contribution < -0.4 is 0 Å². The number of rotatable bonds is 4. The van der Waals surface area contributed by atoms with E-state index in [2.05, 4.69) is 6.58 Å². The van der Waals surface area contributed by atoms with Crippen LogP contribution in [0, 0.1) is 5.82 Å². The molecule has 1 N–H and O–H groups in total. The quantitative estimate of drug-likeness (QED) is 0.784. The molecule has 0 radical (unpaired) electrons. The minimum atomic E-state index is -0.601. The van der Waals surface area contributed by atoms with Crippen LogP contribution in [-0.4, -0.2) is 11.2 Å². The summed E-state index contributed by atoms with van der Waals surface area (Å²) in [5, 5.41) is 9.71. The van der Waals surface area contributed by atoms with E-state index in [4.69, 9.17) is 11.6 Å². The van der Waals surface area contributed by atoms with Gasteiger partial charge in [0, 0.05) is 6.42 Å². The van der Waals surface area contributed by atoms with Crippen molar-refractivity contribution in [1.82, 2.24) is 0 Å². The third-order valence-electron chi connectivity index (χ3n) is 2.07. The zero-order valence-corrected chi connectivity index (χ0v) is 9.39. The molecule has 82 valence electrons. The van der Waals surface area contributed by atoms with Crippen molar-refractivity contribution in [3.8, 4) is 0 Å². The number of hydrogen-bond donors (Lipinski definition) is 1. The van der Waals surface area contributed by atoms with Gasteiger partial charge in [0.15, 0.2) is 0 Å². The molecule has 15 heavy (non-hydrogen) atoms. The van der Waals surface area contributed by atoms with Gasteiger partial charge in [-0.2, -0.15) is 0 Å². The molecule has 0 heterocycles. The lowest BCUT2D eigenvalue weighted by Crippen LogP contribution is -2.11. The molecule has 1 rings (SSSR count). The molecular formula is C12H14ClFO. The van der Waals surface area contributed by atoms with Gasteiger partial charge in [-0.1, -0.05) is 29.3 Å². The molecule has 0 saturated carbocycles. The summed E-state index contributed by atoms with van der Waals surface area (Å²) in [6.45, 7) is 5.53. The number of aliphatic hydroxyl groups excluding tert-OH is 1. The first-order valence-corrected chi connectivity index (χ1v) is 5.14. The van der Waals surface area contributed by atoms with Crippen molar-refractivity contribution in [2.75, 3.05) is 0 Å². The van der Waals surface area contributed by atoms with Gasteiger partial charge >= 0.3 is 0 Å². The van der Waals surface area contributed by atoms with Gasteiger partial charge in [0.1, 0.15) is 5.82 Å². The molecule has 1 nitrogen and oxygen atoms in total. The lowest BCUT2D eigenvalue weighted by Gasteiger charge is -2.11. The Balaban J connectivity index is 2.72. The Morgan fingerprint density at radius 1 is 1.60 bits per heavy atom.